The number of amides is 1. The van der Waals surface area contributed by atoms with Crippen LogP contribution >= 0.6 is 0 Å². The molecule has 0 fully saturated rings. The van der Waals surface area contributed by atoms with Crippen LogP contribution in [0.3, 0.4) is 0 Å². The van der Waals surface area contributed by atoms with E-state index in [-0.39, 0.29) is 12.5 Å². The third kappa shape index (κ3) is 6.37. The molecule has 31 heavy (non-hydrogen) atoms. The average molecular weight is 447 g/mol. The highest BCUT2D eigenvalue weighted by Gasteiger charge is 2.23. The van der Waals surface area contributed by atoms with E-state index in [1.165, 1.54) is 11.1 Å². The van der Waals surface area contributed by atoms with E-state index in [1.807, 2.05) is 0 Å². The van der Waals surface area contributed by atoms with Crippen LogP contribution < -0.4 is 19.1 Å². The van der Waals surface area contributed by atoms with Crippen LogP contribution in [0.1, 0.15) is 37.3 Å². The number of fused-ring (bicyclic) bond motifs is 1. The lowest BCUT2D eigenvalue weighted by atomic mass is 10.0. The van der Waals surface area contributed by atoms with Crippen molar-refractivity contribution in [2.75, 3.05) is 36.9 Å². The Bertz CT molecular complexity index is 1000. The second kappa shape index (κ2) is 10.0. The number of rotatable bonds is 9. The summed E-state index contributed by atoms with van der Waals surface area (Å²) in [6.07, 6.45) is 2.70. The maximum Gasteiger partial charge on any atom is 0.240 e. The summed E-state index contributed by atoms with van der Waals surface area (Å²) in [5.74, 6) is 1.19. The van der Waals surface area contributed by atoms with Crippen molar-refractivity contribution >= 4 is 21.6 Å². The zero-order chi connectivity index (χ0) is 22.4. The number of benzene rings is 2. The molecule has 0 spiro atoms. The van der Waals surface area contributed by atoms with E-state index in [0.717, 1.165) is 23.4 Å². The Hall–Kier alpha value is -2.74. The quantitative estimate of drug-likeness (QED) is 0.599. The number of nitrogens with one attached hydrogen (secondary N) is 1. The van der Waals surface area contributed by atoms with Crippen LogP contribution in [0.5, 0.6) is 11.5 Å². The van der Waals surface area contributed by atoms with Crippen molar-refractivity contribution in [2.24, 2.45) is 0 Å². The molecule has 0 aliphatic carbocycles. The second-order valence-corrected chi connectivity index (χ2v) is 9.85. The Morgan fingerprint density at radius 3 is 2.39 bits per heavy atom. The normalized spacial score (nSPS) is 13.2. The van der Waals surface area contributed by atoms with Gasteiger partial charge >= 0.3 is 0 Å². The number of sulfonamides is 1. The fraction of sp³-hybridized carbons (Fsp3) is 0.435. The largest absolute Gasteiger partial charge is 0.486 e. The minimum atomic E-state index is -3.65. The lowest BCUT2D eigenvalue weighted by molar-refractivity contribution is -0.119. The summed E-state index contributed by atoms with van der Waals surface area (Å²) in [7, 11) is -3.65. The van der Waals surface area contributed by atoms with Gasteiger partial charge < -0.3 is 14.8 Å². The molecule has 3 rings (SSSR count). The summed E-state index contributed by atoms with van der Waals surface area (Å²) in [6.45, 7) is 5.36. The van der Waals surface area contributed by atoms with Gasteiger partial charge in [-0.25, -0.2) is 8.42 Å². The van der Waals surface area contributed by atoms with Gasteiger partial charge in [0.05, 0.1) is 11.9 Å². The topological polar surface area (TPSA) is 84.9 Å². The fourth-order valence-electron chi connectivity index (χ4n) is 3.36. The summed E-state index contributed by atoms with van der Waals surface area (Å²) in [4.78, 5) is 12.4. The molecule has 7 nitrogen and oxygen atoms in total. The zero-order valence-corrected chi connectivity index (χ0v) is 19.1. The van der Waals surface area contributed by atoms with Crippen LogP contribution in [0.4, 0.5) is 5.69 Å². The first-order chi connectivity index (χ1) is 14.7. The van der Waals surface area contributed by atoms with Crippen molar-refractivity contribution < 1.29 is 22.7 Å². The average Bonchev–Trinajstić information content (AvgIpc) is 2.74. The van der Waals surface area contributed by atoms with Crippen LogP contribution in [0.25, 0.3) is 0 Å². The SMILES string of the molecule is CC(C)c1ccc(CCCNC(=O)CN(c2ccc3c(c2)OCCO3)S(C)(=O)=O)cc1. The van der Waals surface area contributed by atoms with Gasteiger partial charge in [0, 0.05) is 12.6 Å². The molecule has 0 bridgehead atoms. The molecule has 0 atom stereocenters. The van der Waals surface area contributed by atoms with Crippen LogP contribution in [0.15, 0.2) is 42.5 Å². The van der Waals surface area contributed by atoms with E-state index >= 15 is 0 Å². The Morgan fingerprint density at radius 1 is 1.06 bits per heavy atom. The number of carbonyl (C=O) groups excluding carboxylic acids is 1. The molecule has 0 radical (unpaired) electrons. The molecule has 1 aliphatic rings. The predicted molar refractivity (Wildman–Crippen MR) is 121 cm³/mol. The summed E-state index contributed by atoms with van der Waals surface area (Å²) in [6, 6.07) is 13.4. The first kappa shape index (κ1) is 22.9. The first-order valence-corrected chi connectivity index (χ1v) is 12.3. The molecule has 1 heterocycles. The first-order valence-electron chi connectivity index (χ1n) is 10.5. The molecule has 0 saturated heterocycles. The Labute approximate surface area is 184 Å². The van der Waals surface area contributed by atoms with Crippen molar-refractivity contribution in [1.29, 1.82) is 0 Å². The standard InChI is InChI=1S/C23H30N2O5S/c1-17(2)19-8-6-18(7-9-19)5-4-12-24-23(26)16-25(31(3,27)28)20-10-11-21-22(15-20)30-14-13-29-21/h6-11,15,17H,4-5,12-14,16H2,1-3H3,(H,24,26). The van der Waals surface area contributed by atoms with Crippen molar-refractivity contribution in [1.82, 2.24) is 5.32 Å². The van der Waals surface area contributed by atoms with E-state index in [4.69, 9.17) is 9.47 Å². The zero-order valence-electron chi connectivity index (χ0n) is 18.3. The van der Waals surface area contributed by atoms with E-state index in [1.54, 1.807) is 18.2 Å². The maximum absolute atomic E-state index is 12.4. The van der Waals surface area contributed by atoms with Gasteiger partial charge in [-0.2, -0.15) is 0 Å². The van der Waals surface area contributed by atoms with Crippen LogP contribution in [0.2, 0.25) is 0 Å². The van der Waals surface area contributed by atoms with Gasteiger partial charge in [-0.1, -0.05) is 38.1 Å². The number of hydrogen-bond acceptors (Lipinski definition) is 5. The number of aryl methyl sites for hydroxylation is 1. The highest BCUT2D eigenvalue weighted by atomic mass is 32.2. The lowest BCUT2D eigenvalue weighted by Gasteiger charge is -2.24. The van der Waals surface area contributed by atoms with Crippen molar-refractivity contribution in [3.05, 3.63) is 53.6 Å². The van der Waals surface area contributed by atoms with Gasteiger partial charge in [0.1, 0.15) is 19.8 Å². The number of nitrogens with zero attached hydrogens (tertiary/aromatic N) is 1. The van der Waals surface area contributed by atoms with Crippen LogP contribution in [0, 0.1) is 0 Å². The molecule has 1 N–H and O–H groups in total. The van der Waals surface area contributed by atoms with Gasteiger partial charge in [-0.3, -0.25) is 9.10 Å². The third-order valence-electron chi connectivity index (χ3n) is 5.11. The molecule has 1 aliphatic heterocycles. The summed E-state index contributed by atoms with van der Waals surface area (Å²) < 4.78 is 36.7. The van der Waals surface area contributed by atoms with Crippen molar-refractivity contribution in [2.45, 2.75) is 32.6 Å². The fourth-order valence-corrected chi connectivity index (χ4v) is 4.21. The molecule has 0 saturated carbocycles. The molecule has 0 unspecified atom stereocenters. The molecule has 2 aromatic carbocycles. The van der Waals surface area contributed by atoms with Gasteiger partial charge in [0.2, 0.25) is 15.9 Å². The molecule has 8 heteroatoms. The van der Waals surface area contributed by atoms with Gasteiger partial charge in [0.25, 0.3) is 0 Å². The molecular weight excluding hydrogens is 416 g/mol. The number of hydrogen-bond donors (Lipinski definition) is 1. The summed E-state index contributed by atoms with van der Waals surface area (Å²) in [5, 5.41) is 2.82. The van der Waals surface area contributed by atoms with E-state index in [0.29, 0.717) is 42.9 Å². The van der Waals surface area contributed by atoms with Gasteiger partial charge in [0.15, 0.2) is 11.5 Å². The maximum atomic E-state index is 12.4. The monoisotopic (exact) mass is 446 g/mol. The van der Waals surface area contributed by atoms with Gasteiger partial charge in [-0.05, 0) is 42.0 Å². The van der Waals surface area contributed by atoms with Crippen molar-refractivity contribution in [3.63, 3.8) is 0 Å². The minimum Gasteiger partial charge on any atom is -0.486 e. The second-order valence-electron chi connectivity index (χ2n) is 7.95. The molecular formula is C23H30N2O5S. The lowest BCUT2D eigenvalue weighted by Crippen LogP contribution is -2.40. The van der Waals surface area contributed by atoms with Crippen LogP contribution in [-0.2, 0) is 21.2 Å². The molecule has 168 valence electrons. The molecule has 2 aromatic rings. The third-order valence-corrected chi connectivity index (χ3v) is 6.25. The smallest absolute Gasteiger partial charge is 0.240 e. The molecule has 1 amide bonds. The minimum absolute atomic E-state index is 0.290. The predicted octanol–water partition coefficient (Wildman–Crippen LogP) is 3.10. The Kier molecular flexibility index (Phi) is 7.43. The van der Waals surface area contributed by atoms with Gasteiger partial charge in [-0.15, -0.1) is 0 Å². The highest BCUT2D eigenvalue weighted by Crippen LogP contribution is 2.34. The Balaban J connectivity index is 1.54. The number of ether oxygens (including phenoxy) is 2. The van der Waals surface area contributed by atoms with E-state index < -0.39 is 10.0 Å². The highest BCUT2D eigenvalue weighted by molar-refractivity contribution is 7.92. The molecule has 0 aromatic heterocycles. The Morgan fingerprint density at radius 2 is 1.74 bits per heavy atom. The van der Waals surface area contributed by atoms with E-state index in [2.05, 4.69) is 43.4 Å². The summed E-state index contributed by atoms with van der Waals surface area (Å²) >= 11 is 0. The number of carbonyl (C=O) groups is 1. The van der Waals surface area contributed by atoms with Crippen LogP contribution in [-0.4, -0.2) is 46.9 Å². The van der Waals surface area contributed by atoms with E-state index in [9.17, 15) is 13.2 Å². The van der Waals surface area contributed by atoms with Crippen molar-refractivity contribution in [3.8, 4) is 11.5 Å². The summed E-state index contributed by atoms with van der Waals surface area (Å²) in [5.41, 5.74) is 2.89. The number of anilines is 1.